The first kappa shape index (κ1) is 16.0. The van der Waals surface area contributed by atoms with Crippen LogP contribution in [0.4, 0.5) is 5.69 Å². The van der Waals surface area contributed by atoms with E-state index in [-0.39, 0.29) is 12.5 Å². The Bertz CT molecular complexity index is 456. The fourth-order valence-corrected chi connectivity index (χ4v) is 3.02. The summed E-state index contributed by atoms with van der Waals surface area (Å²) in [5.74, 6) is -0.106. The van der Waals surface area contributed by atoms with Gasteiger partial charge in [0.05, 0.1) is 0 Å². The fourth-order valence-electron chi connectivity index (χ4n) is 3.02. The summed E-state index contributed by atoms with van der Waals surface area (Å²) in [6.07, 6.45) is 6.61. The minimum atomic E-state index is -0.106. The number of benzene rings is 1. The molecule has 1 aliphatic carbocycles. The quantitative estimate of drug-likeness (QED) is 0.875. The zero-order chi connectivity index (χ0) is 15.1. The normalized spacial score (nSPS) is 16.1. The Morgan fingerprint density at radius 3 is 2.71 bits per heavy atom. The van der Waals surface area contributed by atoms with Gasteiger partial charge in [-0.25, -0.2) is 0 Å². The molecule has 4 nitrogen and oxygen atoms in total. The van der Waals surface area contributed by atoms with E-state index in [1.54, 1.807) is 0 Å². The molecule has 1 N–H and O–H groups in total. The lowest BCUT2D eigenvalue weighted by Crippen LogP contribution is -2.33. The molecule has 2 rings (SSSR count). The molecule has 0 bridgehead atoms. The number of nitrogens with zero attached hydrogens (tertiary/aromatic N) is 1. The fraction of sp³-hybridized carbons (Fsp3) is 0.588. The van der Waals surface area contributed by atoms with Gasteiger partial charge in [0, 0.05) is 25.4 Å². The highest BCUT2D eigenvalue weighted by molar-refractivity contribution is 5.92. The highest BCUT2D eigenvalue weighted by atomic mass is 16.5. The molecule has 4 heteroatoms. The van der Waals surface area contributed by atoms with Gasteiger partial charge in [-0.1, -0.05) is 37.5 Å². The first-order chi connectivity index (χ1) is 10.2. The van der Waals surface area contributed by atoms with Crippen molar-refractivity contribution in [3.05, 3.63) is 29.8 Å². The molecule has 0 heterocycles. The molecule has 1 aromatic rings. The number of rotatable bonds is 6. The van der Waals surface area contributed by atoms with E-state index in [1.165, 1.54) is 39.2 Å². The minimum absolute atomic E-state index is 0.0901. The van der Waals surface area contributed by atoms with E-state index in [9.17, 15) is 4.79 Å². The Morgan fingerprint density at radius 1 is 1.29 bits per heavy atom. The second-order valence-electron chi connectivity index (χ2n) is 5.85. The molecular weight excluding hydrogens is 264 g/mol. The first-order valence-corrected chi connectivity index (χ1v) is 7.77. The van der Waals surface area contributed by atoms with Crippen LogP contribution in [0.15, 0.2) is 24.3 Å². The Hall–Kier alpha value is -1.39. The molecule has 0 atom stereocenters. The van der Waals surface area contributed by atoms with Crippen molar-refractivity contribution >= 4 is 11.6 Å². The second kappa shape index (κ2) is 8.15. The highest BCUT2D eigenvalue weighted by Crippen LogP contribution is 2.24. The van der Waals surface area contributed by atoms with Gasteiger partial charge in [-0.3, -0.25) is 9.69 Å². The van der Waals surface area contributed by atoms with Gasteiger partial charge < -0.3 is 10.1 Å². The zero-order valence-corrected chi connectivity index (χ0v) is 13.1. The van der Waals surface area contributed by atoms with Crippen LogP contribution in [0, 0.1) is 0 Å². The van der Waals surface area contributed by atoms with Gasteiger partial charge in [-0.2, -0.15) is 0 Å². The van der Waals surface area contributed by atoms with Gasteiger partial charge in [-0.15, -0.1) is 0 Å². The third kappa shape index (κ3) is 4.83. The van der Waals surface area contributed by atoms with Crippen molar-refractivity contribution in [2.75, 3.05) is 26.1 Å². The van der Waals surface area contributed by atoms with Crippen LogP contribution in [0.5, 0.6) is 0 Å². The summed E-state index contributed by atoms with van der Waals surface area (Å²) in [5, 5.41) is 2.93. The summed E-state index contributed by atoms with van der Waals surface area (Å²) in [4.78, 5) is 14.1. The van der Waals surface area contributed by atoms with Crippen LogP contribution in [-0.2, 0) is 16.1 Å². The number of carbonyl (C=O) groups excluding carboxylic acids is 1. The van der Waals surface area contributed by atoms with Crippen LogP contribution < -0.4 is 5.32 Å². The lowest BCUT2D eigenvalue weighted by Gasteiger charge is -2.31. The Balaban J connectivity index is 2.00. The maximum atomic E-state index is 11.7. The Labute approximate surface area is 127 Å². The average Bonchev–Trinajstić information content (AvgIpc) is 2.50. The molecule has 116 valence electrons. The second-order valence-corrected chi connectivity index (χ2v) is 5.85. The average molecular weight is 290 g/mol. The van der Waals surface area contributed by atoms with E-state index in [0.717, 1.165) is 17.8 Å². The van der Waals surface area contributed by atoms with Gasteiger partial charge in [-0.05, 0) is 31.5 Å². The molecule has 1 aliphatic rings. The first-order valence-electron chi connectivity index (χ1n) is 7.77. The molecule has 1 aromatic carbocycles. The van der Waals surface area contributed by atoms with Gasteiger partial charge in [0.1, 0.15) is 6.61 Å². The van der Waals surface area contributed by atoms with Gasteiger partial charge in [0.15, 0.2) is 0 Å². The summed E-state index contributed by atoms with van der Waals surface area (Å²) < 4.78 is 4.87. The predicted molar refractivity (Wildman–Crippen MR) is 85.3 cm³/mol. The number of ether oxygens (including phenoxy) is 1. The van der Waals surface area contributed by atoms with Crippen LogP contribution in [0.2, 0.25) is 0 Å². The molecule has 21 heavy (non-hydrogen) atoms. The topological polar surface area (TPSA) is 41.6 Å². The van der Waals surface area contributed by atoms with Crippen molar-refractivity contribution in [3.8, 4) is 0 Å². The van der Waals surface area contributed by atoms with Crippen molar-refractivity contribution in [2.24, 2.45) is 0 Å². The third-order valence-electron chi connectivity index (χ3n) is 4.18. The number of para-hydroxylation sites is 1. The summed E-state index contributed by atoms with van der Waals surface area (Å²) in [5.41, 5.74) is 2.05. The van der Waals surface area contributed by atoms with Crippen LogP contribution in [0.3, 0.4) is 0 Å². The molecule has 1 amide bonds. The number of methoxy groups -OCH3 is 1. The molecule has 0 aromatic heterocycles. The maximum absolute atomic E-state index is 11.7. The van der Waals surface area contributed by atoms with Crippen molar-refractivity contribution in [1.29, 1.82) is 0 Å². The predicted octanol–water partition coefficient (Wildman–Crippen LogP) is 3.04. The zero-order valence-electron chi connectivity index (χ0n) is 13.1. The molecule has 0 radical (unpaired) electrons. The lowest BCUT2D eigenvalue weighted by molar-refractivity contribution is -0.119. The van der Waals surface area contributed by atoms with Crippen LogP contribution in [-0.4, -0.2) is 37.6 Å². The molecular formula is C17H26N2O2. The SMILES string of the molecule is COCC(=O)Nc1ccccc1CN(C)C1CCCCC1. The number of hydrogen-bond donors (Lipinski definition) is 1. The highest BCUT2D eigenvalue weighted by Gasteiger charge is 2.19. The molecule has 0 unspecified atom stereocenters. The number of carbonyl (C=O) groups is 1. The van der Waals surface area contributed by atoms with Gasteiger partial charge >= 0.3 is 0 Å². The monoisotopic (exact) mass is 290 g/mol. The molecule has 1 saturated carbocycles. The van der Waals surface area contributed by atoms with E-state index in [2.05, 4.69) is 23.3 Å². The summed E-state index contributed by atoms with van der Waals surface area (Å²) in [6, 6.07) is 8.68. The summed E-state index contributed by atoms with van der Waals surface area (Å²) in [7, 11) is 3.71. The number of anilines is 1. The van der Waals surface area contributed by atoms with E-state index in [0.29, 0.717) is 6.04 Å². The third-order valence-corrected chi connectivity index (χ3v) is 4.18. The summed E-state index contributed by atoms with van der Waals surface area (Å²) in [6.45, 7) is 0.959. The number of nitrogens with one attached hydrogen (secondary N) is 1. The van der Waals surface area contributed by atoms with Gasteiger partial charge in [0.25, 0.3) is 0 Å². The van der Waals surface area contributed by atoms with Crippen molar-refractivity contribution in [1.82, 2.24) is 4.90 Å². The minimum Gasteiger partial charge on any atom is -0.375 e. The standard InChI is InChI=1S/C17H26N2O2/c1-19(15-9-4-3-5-10-15)12-14-8-6-7-11-16(14)18-17(20)13-21-2/h6-8,11,15H,3-5,9-10,12-13H2,1-2H3,(H,18,20). The van der Waals surface area contributed by atoms with Crippen LogP contribution in [0.25, 0.3) is 0 Å². The molecule has 1 fully saturated rings. The number of amides is 1. The van der Waals surface area contributed by atoms with Gasteiger partial charge in [0.2, 0.25) is 5.91 Å². The molecule has 0 saturated heterocycles. The molecule has 0 aliphatic heterocycles. The smallest absolute Gasteiger partial charge is 0.250 e. The van der Waals surface area contributed by atoms with Crippen molar-refractivity contribution in [3.63, 3.8) is 0 Å². The Kier molecular flexibility index (Phi) is 6.21. The van der Waals surface area contributed by atoms with E-state index in [4.69, 9.17) is 4.74 Å². The Morgan fingerprint density at radius 2 is 2.00 bits per heavy atom. The van der Waals surface area contributed by atoms with E-state index < -0.39 is 0 Å². The molecule has 0 spiro atoms. The summed E-state index contributed by atoms with van der Waals surface area (Å²) >= 11 is 0. The lowest BCUT2D eigenvalue weighted by atomic mass is 9.94. The van der Waals surface area contributed by atoms with Crippen LogP contribution >= 0.6 is 0 Å². The largest absolute Gasteiger partial charge is 0.375 e. The van der Waals surface area contributed by atoms with Crippen LogP contribution in [0.1, 0.15) is 37.7 Å². The van der Waals surface area contributed by atoms with Crippen molar-refractivity contribution < 1.29 is 9.53 Å². The van der Waals surface area contributed by atoms with E-state index >= 15 is 0 Å². The maximum Gasteiger partial charge on any atom is 0.250 e. The van der Waals surface area contributed by atoms with Crippen molar-refractivity contribution in [2.45, 2.75) is 44.7 Å². The number of hydrogen-bond acceptors (Lipinski definition) is 3. The van der Waals surface area contributed by atoms with E-state index in [1.807, 2.05) is 18.2 Å².